The smallest absolute Gasteiger partial charge is 0.322 e. The molecule has 0 bridgehead atoms. The van der Waals surface area contributed by atoms with Gasteiger partial charge < -0.3 is 20.3 Å². The van der Waals surface area contributed by atoms with Crippen LogP contribution in [-0.2, 0) is 26.2 Å². The van der Waals surface area contributed by atoms with Gasteiger partial charge in [0.2, 0.25) is 5.91 Å². The maximum absolute atomic E-state index is 14.8. The topological polar surface area (TPSA) is 117 Å². The molecule has 1 fully saturated rings. The zero-order valence-electron chi connectivity index (χ0n) is 20.6. The van der Waals surface area contributed by atoms with Gasteiger partial charge in [-0.05, 0) is 52.8 Å². The lowest BCUT2D eigenvalue weighted by Gasteiger charge is -2.37. The van der Waals surface area contributed by atoms with Crippen LogP contribution in [0.4, 0.5) is 14.9 Å². The number of halogens is 1. The second-order valence-electron chi connectivity index (χ2n) is 9.96. The molecule has 2 aliphatic heterocycles. The van der Waals surface area contributed by atoms with E-state index in [1.54, 1.807) is 31.4 Å². The second kappa shape index (κ2) is 9.60. The molecule has 1 unspecified atom stereocenters. The summed E-state index contributed by atoms with van der Waals surface area (Å²) in [7, 11) is 1.54. The highest BCUT2D eigenvalue weighted by molar-refractivity contribution is 6.06. The van der Waals surface area contributed by atoms with Gasteiger partial charge in [-0.2, -0.15) is 0 Å². The summed E-state index contributed by atoms with van der Waals surface area (Å²) in [5.74, 6) is -1.39. The maximum atomic E-state index is 14.8. The third-order valence-electron chi connectivity index (χ3n) is 6.43. The van der Waals surface area contributed by atoms with Gasteiger partial charge in [-0.15, -0.1) is 0 Å². The first kappa shape index (κ1) is 25.2. The van der Waals surface area contributed by atoms with Gasteiger partial charge in [0.15, 0.2) is 0 Å². The quantitative estimate of drug-likeness (QED) is 0.551. The largest absolute Gasteiger partial charge is 0.497 e. The van der Waals surface area contributed by atoms with E-state index in [9.17, 15) is 23.6 Å². The van der Waals surface area contributed by atoms with Gasteiger partial charge in [0.05, 0.1) is 13.5 Å². The molecule has 0 radical (unpaired) electrons. The van der Waals surface area contributed by atoms with Crippen molar-refractivity contribution in [2.24, 2.45) is 0 Å². The number of imide groups is 1. The highest BCUT2D eigenvalue weighted by Gasteiger charge is 2.39. The van der Waals surface area contributed by atoms with Gasteiger partial charge in [-0.25, -0.2) is 9.18 Å². The number of nitrogens with one attached hydrogen (secondary N) is 3. The SMILES string of the molecule is COc1ccc2c(c1)CCN(C(=O)CC1NC(=O)NC1=O)[C@H]2C(=O)Nc1ccc(C(C)(C)C)c(F)c1. The average Bonchev–Trinajstić information content (AvgIpc) is 3.13. The zero-order valence-corrected chi connectivity index (χ0v) is 20.6. The summed E-state index contributed by atoms with van der Waals surface area (Å²) in [5, 5.41) is 7.25. The van der Waals surface area contributed by atoms with E-state index in [1.165, 1.54) is 11.0 Å². The minimum atomic E-state index is -1.02. The Labute approximate surface area is 208 Å². The van der Waals surface area contributed by atoms with Crippen LogP contribution in [0.15, 0.2) is 36.4 Å². The molecular weight excluding hydrogens is 467 g/mol. The van der Waals surface area contributed by atoms with E-state index in [0.717, 1.165) is 5.56 Å². The number of fused-ring (bicyclic) bond motifs is 1. The fourth-order valence-corrected chi connectivity index (χ4v) is 4.59. The van der Waals surface area contributed by atoms with Crippen molar-refractivity contribution in [2.75, 3.05) is 19.0 Å². The Morgan fingerprint density at radius 1 is 1.17 bits per heavy atom. The molecular formula is C26H29FN4O5. The Morgan fingerprint density at radius 2 is 1.92 bits per heavy atom. The lowest BCUT2D eigenvalue weighted by molar-refractivity contribution is -0.140. The molecule has 1 saturated heterocycles. The van der Waals surface area contributed by atoms with Gasteiger partial charge >= 0.3 is 6.03 Å². The molecule has 4 rings (SSSR count). The van der Waals surface area contributed by atoms with Gasteiger partial charge in [0.1, 0.15) is 23.7 Å². The van der Waals surface area contributed by atoms with E-state index in [4.69, 9.17) is 4.74 Å². The Kier molecular flexibility index (Phi) is 6.71. The van der Waals surface area contributed by atoms with Crippen molar-refractivity contribution in [3.05, 3.63) is 58.9 Å². The van der Waals surface area contributed by atoms with Crippen molar-refractivity contribution >= 4 is 29.4 Å². The molecule has 36 heavy (non-hydrogen) atoms. The van der Waals surface area contributed by atoms with Gasteiger partial charge in [0.25, 0.3) is 11.8 Å². The van der Waals surface area contributed by atoms with E-state index in [0.29, 0.717) is 23.3 Å². The van der Waals surface area contributed by atoms with Crippen LogP contribution in [0.3, 0.4) is 0 Å². The highest BCUT2D eigenvalue weighted by atomic mass is 19.1. The average molecular weight is 497 g/mol. The van der Waals surface area contributed by atoms with Crippen LogP contribution < -0.4 is 20.7 Å². The number of carbonyl (C=O) groups excluding carboxylic acids is 4. The third-order valence-corrected chi connectivity index (χ3v) is 6.43. The number of urea groups is 1. The van der Waals surface area contributed by atoms with Crippen LogP contribution in [0, 0.1) is 5.82 Å². The van der Waals surface area contributed by atoms with Crippen molar-refractivity contribution in [3.63, 3.8) is 0 Å². The maximum Gasteiger partial charge on any atom is 0.322 e. The summed E-state index contributed by atoms with van der Waals surface area (Å²) in [5.41, 5.74) is 1.84. The number of anilines is 1. The number of ether oxygens (including phenoxy) is 1. The van der Waals surface area contributed by atoms with E-state index in [-0.39, 0.29) is 18.7 Å². The fraction of sp³-hybridized carbons (Fsp3) is 0.385. The molecule has 5 amide bonds. The van der Waals surface area contributed by atoms with Crippen LogP contribution in [0.2, 0.25) is 0 Å². The van der Waals surface area contributed by atoms with Crippen LogP contribution in [0.5, 0.6) is 5.75 Å². The summed E-state index contributed by atoms with van der Waals surface area (Å²) in [6, 6.07) is 7.09. The van der Waals surface area contributed by atoms with Crippen molar-refractivity contribution in [1.29, 1.82) is 0 Å². The molecule has 9 nitrogen and oxygen atoms in total. The predicted molar refractivity (Wildman–Crippen MR) is 130 cm³/mol. The molecule has 2 atom stereocenters. The monoisotopic (exact) mass is 496 g/mol. The molecule has 190 valence electrons. The predicted octanol–water partition coefficient (Wildman–Crippen LogP) is 2.79. The summed E-state index contributed by atoms with van der Waals surface area (Å²) >= 11 is 0. The molecule has 2 aromatic carbocycles. The molecule has 2 aliphatic rings. The Hall–Kier alpha value is -3.95. The summed E-state index contributed by atoms with van der Waals surface area (Å²) in [6.07, 6.45) is 0.182. The Bertz CT molecular complexity index is 1240. The normalized spacial score (nSPS) is 19.3. The lowest BCUT2D eigenvalue weighted by atomic mass is 9.86. The van der Waals surface area contributed by atoms with Crippen LogP contribution in [-0.4, -0.2) is 48.3 Å². The molecule has 2 aromatic rings. The first-order chi connectivity index (χ1) is 17.0. The number of hydrogen-bond acceptors (Lipinski definition) is 5. The summed E-state index contributed by atoms with van der Waals surface area (Å²) in [4.78, 5) is 51.6. The summed E-state index contributed by atoms with van der Waals surface area (Å²) < 4.78 is 20.1. The third kappa shape index (κ3) is 5.02. The first-order valence-corrected chi connectivity index (χ1v) is 11.7. The molecule has 0 aromatic heterocycles. The molecule has 3 N–H and O–H groups in total. The van der Waals surface area contributed by atoms with Gasteiger partial charge in [-0.1, -0.05) is 32.9 Å². The van der Waals surface area contributed by atoms with E-state index < -0.39 is 47.1 Å². The molecule has 0 aliphatic carbocycles. The van der Waals surface area contributed by atoms with Crippen LogP contribution in [0.1, 0.15) is 49.9 Å². The molecule has 2 heterocycles. The number of nitrogens with zero attached hydrogens (tertiary/aromatic N) is 1. The number of methoxy groups -OCH3 is 1. The van der Waals surface area contributed by atoms with Crippen molar-refractivity contribution in [3.8, 4) is 5.75 Å². The van der Waals surface area contributed by atoms with Gasteiger partial charge in [-0.3, -0.25) is 19.7 Å². The van der Waals surface area contributed by atoms with Crippen LogP contribution in [0.25, 0.3) is 0 Å². The molecule has 0 saturated carbocycles. The standard InChI is InChI=1S/C26H29FN4O5/c1-26(2,3)18-8-5-15(12-19(18)27)28-24(34)22-17-7-6-16(36-4)11-14(17)9-10-31(22)21(32)13-20-23(33)30-25(35)29-20/h5-8,11-12,20,22H,9-10,13H2,1-4H3,(H,28,34)(H2,29,30,33,35)/t20?,22-/m1/s1. The van der Waals surface area contributed by atoms with Crippen LogP contribution >= 0.6 is 0 Å². The lowest BCUT2D eigenvalue weighted by Crippen LogP contribution is -2.47. The molecule has 0 spiro atoms. The second-order valence-corrected chi connectivity index (χ2v) is 9.96. The molecule has 10 heteroatoms. The van der Waals surface area contributed by atoms with Crippen molar-refractivity contribution < 1.29 is 28.3 Å². The number of hydrogen-bond donors (Lipinski definition) is 3. The number of amides is 5. The minimum absolute atomic E-state index is 0.219. The summed E-state index contributed by atoms with van der Waals surface area (Å²) in [6.45, 7) is 5.91. The van der Waals surface area contributed by atoms with E-state index in [1.807, 2.05) is 26.8 Å². The van der Waals surface area contributed by atoms with E-state index in [2.05, 4.69) is 16.0 Å². The van der Waals surface area contributed by atoms with Crippen molar-refractivity contribution in [2.45, 2.75) is 51.1 Å². The zero-order chi connectivity index (χ0) is 26.2. The fourth-order valence-electron chi connectivity index (χ4n) is 4.59. The minimum Gasteiger partial charge on any atom is -0.497 e. The first-order valence-electron chi connectivity index (χ1n) is 11.7. The van der Waals surface area contributed by atoms with Gasteiger partial charge in [0, 0.05) is 12.2 Å². The number of benzene rings is 2. The Balaban J connectivity index is 1.63. The number of carbonyl (C=O) groups is 4. The van der Waals surface area contributed by atoms with Crippen molar-refractivity contribution in [1.82, 2.24) is 15.5 Å². The number of rotatable bonds is 5. The van der Waals surface area contributed by atoms with E-state index >= 15 is 0 Å². The highest BCUT2D eigenvalue weighted by Crippen LogP contribution is 2.34. The Morgan fingerprint density at radius 3 is 2.53 bits per heavy atom.